The van der Waals surface area contributed by atoms with Gasteiger partial charge in [-0.15, -0.1) is 0 Å². The Morgan fingerprint density at radius 2 is 1.69 bits per heavy atom. The maximum absolute atomic E-state index is 13.0. The molecule has 0 aliphatic carbocycles. The lowest BCUT2D eigenvalue weighted by Crippen LogP contribution is -2.41. The SMILES string of the molecule is CC(C)(C)OC(=O)N1CCC(CCS(=O)(=O)c2ccc3c(c2)CN(C(=O)C(F)(F)F)CCC3)CC1. The Labute approximate surface area is 204 Å². The summed E-state index contributed by atoms with van der Waals surface area (Å²) in [5, 5.41) is 0. The number of aryl methyl sites for hydroxylation is 1. The van der Waals surface area contributed by atoms with Crippen LogP contribution in [-0.4, -0.2) is 67.4 Å². The van der Waals surface area contributed by atoms with E-state index in [1.165, 1.54) is 12.1 Å². The number of likely N-dealkylation sites (tertiary alicyclic amines) is 1. The zero-order valence-electron chi connectivity index (χ0n) is 20.4. The first-order valence-electron chi connectivity index (χ1n) is 11.8. The molecule has 2 heterocycles. The van der Waals surface area contributed by atoms with Gasteiger partial charge in [-0.2, -0.15) is 13.2 Å². The van der Waals surface area contributed by atoms with Crippen LogP contribution in [0.5, 0.6) is 0 Å². The summed E-state index contributed by atoms with van der Waals surface area (Å²) in [5.41, 5.74) is 0.621. The number of carbonyl (C=O) groups is 2. The zero-order valence-corrected chi connectivity index (χ0v) is 21.2. The smallest absolute Gasteiger partial charge is 0.444 e. The fourth-order valence-electron chi connectivity index (χ4n) is 4.45. The fraction of sp³-hybridized carbons (Fsp3) is 0.667. The van der Waals surface area contributed by atoms with Crippen LogP contribution in [0.3, 0.4) is 0 Å². The van der Waals surface area contributed by atoms with Crippen molar-refractivity contribution in [2.24, 2.45) is 5.92 Å². The minimum absolute atomic E-state index is 0.0307. The highest BCUT2D eigenvalue weighted by atomic mass is 32.2. The average molecular weight is 519 g/mol. The van der Waals surface area contributed by atoms with Gasteiger partial charge in [0.25, 0.3) is 0 Å². The van der Waals surface area contributed by atoms with E-state index < -0.39 is 27.5 Å². The largest absolute Gasteiger partial charge is 0.471 e. The molecule has 0 unspecified atom stereocenters. The van der Waals surface area contributed by atoms with Crippen molar-refractivity contribution < 1.29 is 35.9 Å². The van der Waals surface area contributed by atoms with Gasteiger partial charge in [-0.1, -0.05) is 6.07 Å². The molecule has 2 aliphatic heterocycles. The molecular formula is C24H33F3N2O5S. The van der Waals surface area contributed by atoms with Gasteiger partial charge in [0, 0.05) is 26.2 Å². The molecule has 0 atom stereocenters. The van der Waals surface area contributed by atoms with Crippen molar-refractivity contribution in [3.8, 4) is 0 Å². The van der Waals surface area contributed by atoms with E-state index in [1.54, 1.807) is 31.7 Å². The van der Waals surface area contributed by atoms with Crippen LogP contribution in [0.25, 0.3) is 0 Å². The zero-order chi connectivity index (χ0) is 26.0. The normalized spacial score (nSPS) is 18.1. The molecule has 7 nitrogen and oxygen atoms in total. The molecular weight excluding hydrogens is 485 g/mol. The van der Waals surface area contributed by atoms with Crippen LogP contribution in [0.2, 0.25) is 0 Å². The Bertz CT molecular complexity index is 1040. The molecule has 0 N–H and O–H groups in total. The van der Waals surface area contributed by atoms with Gasteiger partial charge in [0.1, 0.15) is 5.60 Å². The number of amides is 2. The van der Waals surface area contributed by atoms with E-state index in [4.69, 9.17) is 4.74 Å². The first kappa shape index (κ1) is 27.3. The van der Waals surface area contributed by atoms with Crippen molar-refractivity contribution in [1.29, 1.82) is 0 Å². The summed E-state index contributed by atoms with van der Waals surface area (Å²) in [5.74, 6) is -1.85. The van der Waals surface area contributed by atoms with Crippen molar-refractivity contribution in [3.05, 3.63) is 29.3 Å². The lowest BCUT2D eigenvalue weighted by molar-refractivity contribution is -0.186. The van der Waals surface area contributed by atoms with E-state index in [0.717, 1.165) is 10.5 Å². The number of piperidine rings is 1. The van der Waals surface area contributed by atoms with Crippen LogP contribution in [0.15, 0.2) is 23.1 Å². The Kier molecular flexibility index (Phi) is 8.08. The first-order chi connectivity index (χ1) is 16.2. The quantitative estimate of drug-likeness (QED) is 0.592. The van der Waals surface area contributed by atoms with Crippen LogP contribution in [0, 0.1) is 5.92 Å². The van der Waals surface area contributed by atoms with Crippen LogP contribution < -0.4 is 0 Å². The van der Waals surface area contributed by atoms with Crippen LogP contribution in [-0.2, 0) is 32.3 Å². The third-order valence-electron chi connectivity index (χ3n) is 6.36. The number of carbonyl (C=O) groups excluding carboxylic acids is 2. The molecule has 2 aliphatic rings. The summed E-state index contributed by atoms with van der Waals surface area (Å²) >= 11 is 0. The summed E-state index contributed by atoms with van der Waals surface area (Å²) in [6.07, 6.45) is -2.70. The van der Waals surface area contributed by atoms with Crippen molar-refractivity contribution in [1.82, 2.24) is 9.80 Å². The summed E-state index contributed by atoms with van der Waals surface area (Å²) < 4.78 is 70.1. The van der Waals surface area contributed by atoms with Crippen molar-refractivity contribution in [3.63, 3.8) is 0 Å². The predicted octanol–water partition coefficient (Wildman–Crippen LogP) is 4.33. The van der Waals surface area contributed by atoms with Crippen molar-refractivity contribution >= 4 is 21.8 Å². The monoisotopic (exact) mass is 518 g/mol. The molecule has 1 aromatic rings. The molecule has 3 rings (SSSR count). The molecule has 11 heteroatoms. The second-order valence-corrected chi connectivity index (χ2v) is 12.4. The van der Waals surface area contributed by atoms with E-state index in [-0.39, 0.29) is 35.7 Å². The summed E-state index contributed by atoms with van der Waals surface area (Å²) in [4.78, 5) is 26.4. The standard InChI is InChI=1S/C24H33F3N2O5S/c1-23(2,3)34-22(31)28-12-8-17(9-13-28)10-14-35(32,33)20-7-6-18-5-4-11-29(16-19(18)15-20)21(30)24(25,26)27/h6-7,15,17H,4-5,8-14,16H2,1-3H3. The Morgan fingerprint density at radius 1 is 1.03 bits per heavy atom. The summed E-state index contributed by atoms with van der Waals surface area (Å²) in [6, 6.07) is 4.56. The molecule has 1 saturated heterocycles. The number of nitrogens with zero attached hydrogens (tertiary/aromatic N) is 2. The Hall–Kier alpha value is -2.30. The molecule has 196 valence electrons. The van der Waals surface area contributed by atoms with Crippen LogP contribution in [0.4, 0.5) is 18.0 Å². The van der Waals surface area contributed by atoms with E-state index in [2.05, 4.69) is 0 Å². The fourth-order valence-corrected chi connectivity index (χ4v) is 5.93. The number of hydrogen-bond donors (Lipinski definition) is 0. The molecule has 0 saturated carbocycles. The highest BCUT2D eigenvalue weighted by Gasteiger charge is 2.42. The highest BCUT2D eigenvalue weighted by molar-refractivity contribution is 7.91. The van der Waals surface area contributed by atoms with Gasteiger partial charge >= 0.3 is 18.2 Å². The van der Waals surface area contributed by atoms with Gasteiger partial charge in [-0.25, -0.2) is 13.2 Å². The maximum Gasteiger partial charge on any atom is 0.471 e. The number of sulfone groups is 1. The molecule has 0 bridgehead atoms. The van der Waals surface area contributed by atoms with Crippen molar-refractivity contribution in [2.75, 3.05) is 25.4 Å². The van der Waals surface area contributed by atoms with Gasteiger partial charge in [0.2, 0.25) is 0 Å². The number of hydrogen-bond acceptors (Lipinski definition) is 5. The number of alkyl halides is 3. The molecule has 0 radical (unpaired) electrons. The second-order valence-electron chi connectivity index (χ2n) is 10.3. The first-order valence-corrected chi connectivity index (χ1v) is 13.5. The molecule has 1 fully saturated rings. The van der Waals surface area contributed by atoms with E-state index in [0.29, 0.717) is 50.8 Å². The minimum atomic E-state index is -4.97. The number of rotatable bonds is 4. The average Bonchev–Trinajstić information content (AvgIpc) is 2.97. The van der Waals surface area contributed by atoms with Crippen molar-refractivity contribution in [2.45, 2.75) is 76.1 Å². The van der Waals surface area contributed by atoms with Gasteiger partial charge in [-0.05, 0) is 82.1 Å². The molecule has 2 amide bonds. The summed E-state index contributed by atoms with van der Waals surface area (Å²) in [6.45, 7) is 6.12. The van der Waals surface area contributed by atoms with Gasteiger partial charge in [0.05, 0.1) is 10.6 Å². The lowest BCUT2D eigenvalue weighted by atomic mass is 9.95. The third-order valence-corrected chi connectivity index (χ3v) is 8.11. The molecule has 35 heavy (non-hydrogen) atoms. The number of fused-ring (bicyclic) bond motifs is 1. The van der Waals surface area contributed by atoms with Crippen LogP contribution >= 0.6 is 0 Å². The maximum atomic E-state index is 13.0. The predicted molar refractivity (Wildman–Crippen MR) is 123 cm³/mol. The summed E-state index contributed by atoms with van der Waals surface area (Å²) in [7, 11) is -3.66. The topological polar surface area (TPSA) is 84.0 Å². The second kappa shape index (κ2) is 10.4. The van der Waals surface area contributed by atoms with Crippen LogP contribution in [0.1, 0.15) is 57.6 Å². The molecule has 0 aromatic heterocycles. The number of halogens is 3. The van der Waals surface area contributed by atoms with Gasteiger partial charge < -0.3 is 14.5 Å². The number of ether oxygens (including phenoxy) is 1. The molecule has 1 aromatic carbocycles. The van der Waals surface area contributed by atoms with E-state index >= 15 is 0 Å². The van der Waals surface area contributed by atoms with Gasteiger partial charge in [-0.3, -0.25) is 4.79 Å². The Balaban J connectivity index is 1.61. The molecule has 0 spiro atoms. The number of benzene rings is 1. The highest BCUT2D eigenvalue weighted by Crippen LogP contribution is 2.28. The van der Waals surface area contributed by atoms with E-state index in [1.807, 2.05) is 0 Å². The minimum Gasteiger partial charge on any atom is -0.444 e. The van der Waals surface area contributed by atoms with E-state index in [9.17, 15) is 31.2 Å². The Morgan fingerprint density at radius 3 is 2.29 bits per heavy atom. The lowest BCUT2D eigenvalue weighted by Gasteiger charge is -2.33. The third kappa shape index (κ3) is 7.35. The van der Waals surface area contributed by atoms with Gasteiger partial charge in [0.15, 0.2) is 9.84 Å².